The number of carbonyl (C=O) groups excluding carboxylic acids is 1. The summed E-state index contributed by atoms with van der Waals surface area (Å²) in [5.74, 6) is -0.216. The van der Waals surface area contributed by atoms with Crippen LogP contribution in [0.3, 0.4) is 0 Å². The maximum Gasteiger partial charge on any atom is 0.232 e. The van der Waals surface area contributed by atoms with Crippen molar-refractivity contribution in [3.8, 4) is 0 Å². The first-order valence-electron chi connectivity index (χ1n) is 8.08. The van der Waals surface area contributed by atoms with Crippen LogP contribution in [0.4, 0.5) is 11.4 Å². The molecule has 2 aromatic carbocycles. The fraction of sp³-hybridized carbons (Fsp3) is 0.316. The zero-order valence-corrected chi connectivity index (χ0v) is 15.9. The molecule has 0 aromatic heterocycles. The number of benzene rings is 2. The van der Waals surface area contributed by atoms with Gasteiger partial charge in [0, 0.05) is 18.7 Å². The van der Waals surface area contributed by atoms with Gasteiger partial charge in [-0.15, -0.1) is 0 Å². The molecule has 5 nitrogen and oxygen atoms in total. The van der Waals surface area contributed by atoms with Gasteiger partial charge in [-0.25, -0.2) is 8.42 Å². The second kappa shape index (κ2) is 7.70. The standard InChI is InChI=1S/C19H24N2O3S/c1-14-11-15(2)13-17(12-14)20-19(22)9-10-21(25(4,23)24)18-8-6-5-7-16(18)3/h5-8,11-13H,9-10H2,1-4H3,(H,20,22). The summed E-state index contributed by atoms with van der Waals surface area (Å²) in [4.78, 5) is 12.3. The van der Waals surface area contributed by atoms with Crippen LogP contribution < -0.4 is 9.62 Å². The van der Waals surface area contributed by atoms with Crippen LogP contribution in [0.25, 0.3) is 0 Å². The van der Waals surface area contributed by atoms with Crippen LogP contribution in [0.15, 0.2) is 42.5 Å². The number of aryl methyl sites for hydroxylation is 3. The number of anilines is 2. The molecular formula is C19H24N2O3S. The Labute approximate surface area is 149 Å². The minimum Gasteiger partial charge on any atom is -0.326 e. The second-order valence-corrected chi connectivity index (χ2v) is 8.20. The van der Waals surface area contributed by atoms with Crippen molar-refractivity contribution in [3.05, 3.63) is 59.2 Å². The van der Waals surface area contributed by atoms with Crippen molar-refractivity contribution in [1.29, 1.82) is 0 Å². The van der Waals surface area contributed by atoms with Crippen molar-refractivity contribution < 1.29 is 13.2 Å². The molecule has 0 aliphatic heterocycles. The molecule has 1 N–H and O–H groups in total. The van der Waals surface area contributed by atoms with E-state index in [9.17, 15) is 13.2 Å². The van der Waals surface area contributed by atoms with Crippen LogP contribution in [0.1, 0.15) is 23.1 Å². The van der Waals surface area contributed by atoms with E-state index < -0.39 is 10.0 Å². The highest BCUT2D eigenvalue weighted by Crippen LogP contribution is 2.22. The Bertz CT molecular complexity index is 856. The fourth-order valence-electron chi connectivity index (χ4n) is 2.78. The molecule has 0 aliphatic carbocycles. The summed E-state index contributed by atoms with van der Waals surface area (Å²) in [7, 11) is -3.47. The number of rotatable bonds is 6. The summed E-state index contributed by atoms with van der Waals surface area (Å²) in [6.07, 6.45) is 1.23. The Balaban J connectivity index is 2.10. The van der Waals surface area contributed by atoms with Crippen molar-refractivity contribution in [3.63, 3.8) is 0 Å². The summed E-state index contributed by atoms with van der Waals surface area (Å²) >= 11 is 0. The third-order valence-electron chi connectivity index (χ3n) is 3.83. The fourth-order valence-corrected chi connectivity index (χ4v) is 3.77. The largest absolute Gasteiger partial charge is 0.326 e. The van der Waals surface area contributed by atoms with E-state index in [0.29, 0.717) is 5.69 Å². The molecule has 0 aliphatic rings. The third kappa shape index (κ3) is 5.32. The van der Waals surface area contributed by atoms with Crippen molar-refractivity contribution in [2.75, 3.05) is 22.4 Å². The van der Waals surface area contributed by atoms with Crippen LogP contribution in [0, 0.1) is 20.8 Å². The Morgan fingerprint density at radius 2 is 1.64 bits per heavy atom. The molecule has 0 radical (unpaired) electrons. The van der Waals surface area contributed by atoms with Gasteiger partial charge < -0.3 is 5.32 Å². The zero-order chi connectivity index (χ0) is 18.6. The first kappa shape index (κ1) is 19.0. The van der Waals surface area contributed by atoms with E-state index in [1.54, 1.807) is 12.1 Å². The number of hydrogen-bond donors (Lipinski definition) is 1. The quantitative estimate of drug-likeness (QED) is 0.858. The van der Waals surface area contributed by atoms with E-state index in [1.807, 2.05) is 51.1 Å². The van der Waals surface area contributed by atoms with E-state index >= 15 is 0 Å². The lowest BCUT2D eigenvalue weighted by atomic mass is 10.1. The molecule has 0 atom stereocenters. The molecule has 6 heteroatoms. The Kier molecular flexibility index (Phi) is 5.85. The molecule has 0 unspecified atom stereocenters. The monoisotopic (exact) mass is 360 g/mol. The predicted molar refractivity (Wildman–Crippen MR) is 103 cm³/mol. The summed E-state index contributed by atoms with van der Waals surface area (Å²) in [6, 6.07) is 13.0. The van der Waals surface area contributed by atoms with Crippen molar-refractivity contribution in [1.82, 2.24) is 0 Å². The van der Waals surface area contributed by atoms with Gasteiger partial charge in [0.25, 0.3) is 0 Å². The molecule has 2 aromatic rings. The molecule has 1 amide bonds. The molecule has 0 spiro atoms. The average Bonchev–Trinajstić information content (AvgIpc) is 2.46. The molecule has 134 valence electrons. The molecule has 0 saturated heterocycles. The first-order chi connectivity index (χ1) is 11.7. The Morgan fingerprint density at radius 1 is 1.04 bits per heavy atom. The van der Waals surface area contributed by atoms with Gasteiger partial charge in [-0.1, -0.05) is 24.3 Å². The van der Waals surface area contributed by atoms with Crippen LogP contribution in [-0.2, 0) is 14.8 Å². The Morgan fingerprint density at radius 3 is 2.20 bits per heavy atom. The minimum atomic E-state index is -3.47. The van der Waals surface area contributed by atoms with Crippen LogP contribution in [-0.4, -0.2) is 27.1 Å². The van der Waals surface area contributed by atoms with Gasteiger partial charge in [0.2, 0.25) is 15.9 Å². The highest BCUT2D eigenvalue weighted by molar-refractivity contribution is 7.92. The lowest BCUT2D eigenvalue weighted by molar-refractivity contribution is -0.116. The highest BCUT2D eigenvalue weighted by atomic mass is 32.2. The zero-order valence-electron chi connectivity index (χ0n) is 15.0. The smallest absolute Gasteiger partial charge is 0.232 e. The van der Waals surface area contributed by atoms with Crippen LogP contribution in [0.2, 0.25) is 0 Å². The summed E-state index contributed by atoms with van der Waals surface area (Å²) < 4.78 is 25.6. The van der Waals surface area contributed by atoms with Gasteiger partial charge >= 0.3 is 0 Å². The van der Waals surface area contributed by atoms with Gasteiger partial charge in [0.1, 0.15) is 0 Å². The molecule has 25 heavy (non-hydrogen) atoms. The van der Waals surface area contributed by atoms with Gasteiger partial charge in [0.05, 0.1) is 11.9 Å². The van der Waals surface area contributed by atoms with Gasteiger partial charge in [-0.3, -0.25) is 9.10 Å². The van der Waals surface area contributed by atoms with E-state index in [4.69, 9.17) is 0 Å². The maximum absolute atomic E-state index is 12.3. The van der Waals surface area contributed by atoms with Crippen LogP contribution in [0.5, 0.6) is 0 Å². The first-order valence-corrected chi connectivity index (χ1v) is 9.93. The maximum atomic E-state index is 12.3. The average molecular weight is 360 g/mol. The van der Waals surface area contributed by atoms with Gasteiger partial charge in [-0.05, 0) is 55.7 Å². The number of para-hydroxylation sites is 1. The number of nitrogens with zero attached hydrogens (tertiary/aromatic N) is 1. The second-order valence-electron chi connectivity index (χ2n) is 6.30. The van der Waals surface area contributed by atoms with Crippen molar-refractivity contribution >= 4 is 27.3 Å². The van der Waals surface area contributed by atoms with Gasteiger partial charge in [-0.2, -0.15) is 0 Å². The molecular weight excluding hydrogens is 336 g/mol. The number of sulfonamides is 1. The topological polar surface area (TPSA) is 66.5 Å². The molecule has 0 fully saturated rings. The highest BCUT2D eigenvalue weighted by Gasteiger charge is 2.20. The molecule has 2 rings (SSSR count). The minimum absolute atomic E-state index is 0.0778. The molecule has 0 heterocycles. The summed E-state index contributed by atoms with van der Waals surface area (Å²) in [5.41, 5.74) is 4.30. The lowest BCUT2D eigenvalue weighted by Crippen LogP contribution is -2.33. The number of amides is 1. The number of nitrogens with one attached hydrogen (secondary N) is 1. The predicted octanol–water partition coefficient (Wildman–Crippen LogP) is 3.41. The normalized spacial score (nSPS) is 11.2. The molecule has 0 saturated carbocycles. The van der Waals surface area contributed by atoms with Crippen molar-refractivity contribution in [2.24, 2.45) is 0 Å². The lowest BCUT2D eigenvalue weighted by Gasteiger charge is -2.24. The van der Waals surface area contributed by atoms with Crippen LogP contribution >= 0.6 is 0 Å². The van der Waals surface area contributed by atoms with E-state index in [1.165, 1.54) is 4.31 Å². The third-order valence-corrected chi connectivity index (χ3v) is 5.01. The van der Waals surface area contributed by atoms with Gasteiger partial charge in [0.15, 0.2) is 0 Å². The molecule has 0 bridgehead atoms. The summed E-state index contributed by atoms with van der Waals surface area (Å²) in [5, 5.41) is 2.84. The number of carbonyl (C=O) groups is 1. The summed E-state index contributed by atoms with van der Waals surface area (Å²) in [6.45, 7) is 5.88. The van der Waals surface area contributed by atoms with E-state index in [2.05, 4.69) is 5.32 Å². The van der Waals surface area contributed by atoms with E-state index in [0.717, 1.165) is 28.6 Å². The van der Waals surface area contributed by atoms with E-state index in [-0.39, 0.29) is 18.9 Å². The Hall–Kier alpha value is -2.34. The number of hydrogen-bond acceptors (Lipinski definition) is 3. The SMILES string of the molecule is Cc1cc(C)cc(NC(=O)CCN(c2ccccc2C)S(C)(=O)=O)c1. The van der Waals surface area contributed by atoms with Crippen molar-refractivity contribution in [2.45, 2.75) is 27.2 Å².